The summed E-state index contributed by atoms with van der Waals surface area (Å²) in [5, 5.41) is 2.93. The fourth-order valence-electron chi connectivity index (χ4n) is 1.57. The zero-order valence-corrected chi connectivity index (χ0v) is 9.96. The van der Waals surface area contributed by atoms with E-state index in [1.807, 2.05) is 6.92 Å². The monoisotopic (exact) mass is 241 g/mol. The van der Waals surface area contributed by atoms with Crippen LogP contribution in [0.25, 0.3) is 0 Å². The predicted octanol–water partition coefficient (Wildman–Crippen LogP) is 1.61. The minimum Gasteiger partial charge on any atom is -0.384 e. The molecule has 1 aliphatic carbocycles. The van der Waals surface area contributed by atoms with Gasteiger partial charge in [-0.25, -0.2) is 4.98 Å². The number of amides is 1. The highest BCUT2D eigenvalue weighted by atomic mass is 35.5. The lowest BCUT2D eigenvalue weighted by molar-refractivity contribution is 0.0931. The molecule has 1 aromatic rings. The van der Waals surface area contributed by atoms with Gasteiger partial charge < -0.3 is 11.1 Å². The summed E-state index contributed by atoms with van der Waals surface area (Å²) in [6.45, 7) is 2.03. The molecule has 1 aliphatic rings. The zero-order valence-electron chi connectivity index (χ0n) is 9.14. The molecule has 16 heavy (non-hydrogen) atoms. The second-order valence-corrected chi connectivity index (χ2v) is 4.05. The summed E-state index contributed by atoms with van der Waals surface area (Å²) in [4.78, 5) is 15.7. The van der Waals surface area contributed by atoms with E-state index >= 15 is 0 Å². The van der Waals surface area contributed by atoms with E-state index in [0.29, 0.717) is 17.4 Å². The first-order valence-corrected chi connectivity index (χ1v) is 5.20. The van der Waals surface area contributed by atoms with Crippen LogP contribution in [0.4, 0.5) is 5.82 Å². The van der Waals surface area contributed by atoms with E-state index in [9.17, 15) is 4.79 Å². The Morgan fingerprint density at radius 1 is 1.56 bits per heavy atom. The van der Waals surface area contributed by atoms with Gasteiger partial charge >= 0.3 is 0 Å². The van der Waals surface area contributed by atoms with Gasteiger partial charge in [-0.2, -0.15) is 0 Å². The highest BCUT2D eigenvalue weighted by Crippen LogP contribution is 2.32. The Morgan fingerprint density at radius 3 is 2.81 bits per heavy atom. The summed E-state index contributed by atoms with van der Waals surface area (Å²) in [5.74, 6) is 0.887. The van der Waals surface area contributed by atoms with Crippen molar-refractivity contribution in [2.24, 2.45) is 5.92 Å². The number of carbonyl (C=O) groups excluding carboxylic acids is 1. The number of nitrogens with two attached hydrogens (primary N) is 1. The van der Waals surface area contributed by atoms with Crippen molar-refractivity contribution in [1.82, 2.24) is 10.3 Å². The third-order valence-electron chi connectivity index (χ3n) is 2.69. The Morgan fingerprint density at radius 2 is 2.25 bits per heavy atom. The van der Waals surface area contributed by atoms with Gasteiger partial charge in [-0.05, 0) is 37.8 Å². The van der Waals surface area contributed by atoms with E-state index in [1.54, 1.807) is 18.2 Å². The van der Waals surface area contributed by atoms with Crippen LogP contribution in [0.1, 0.15) is 30.3 Å². The van der Waals surface area contributed by atoms with E-state index in [1.165, 1.54) is 12.8 Å². The number of pyridine rings is 1. The molecule has 1 amide bonds. The van der Waals surface area contributed by atoms with Gasteiger partial charge in [0.25, 0.3) is 5.91 Å². The second kappa shape index (κ2) is 5.16. The molecule has 1 aromatic heterocycles. The third-order valence-corrected chi connectivity index (χ3v) is 2.69. The van der Waals surface area contributed by atoms with Crippen LogP contribution in [0.15, 0.2) is 18.2 Å². The summed E-state index contributed by atoms with van der Waals surface area (Å²) in [7, 11) is 0. The first kappa shape index (κ1) is 12.8. The second-order valence-electron chi connectivity index (χ2n) is 4.05. The number of rotatable bonds is 3. The molecule has 3 N–H and O–H groups in total. The van der Waals surface area contributed by atoms with Crippen molar-refractivity contribution in [3.8, 4) is 0 Å². The summed E-state index contributed by atoms with van der Waals surface area (Å²) < 4.78 is 0. The smallest absolute Gasteiger partial charge is 0.270 e. The fourth-order valence-corrected chi connectivity index (χ4v) is 1.57. The maximum Gasteiger partial charge on any atom is 0.270 e. The topological polar surface area (TPSA) is 68.0 Å². The van der Waals surface area contributed by atoms with E-state index in [0.717, 1.165) is 0 Å². The number of nitrogens with zero attached hydrogens (tertiary/aromatic N) is 1. The Hall–Kier alpha value is -1.29. The number of anilines is 1. The van der Waals surface area contributed by atoms with Crippen molar-refractivity contribution in [3.05, 3.63) is 23.9 Å². The Balaban J connectivity index is 0.00000128. The van der Waals surface area contributed by atoms with Gasteiger partial charge in [-0.3, -0.25) is 4.79 Å². The van der Waals surface area contributed by atoms with Gasteiger partial charge in [-0.1, -0.05) is 6.07 Å². The lowest BCUT2D eigenvalue weighted by Crippen LogP contribution is -2.34. The van der Waals surface area contributed by atoms with Crippen LogP contribution in [-0.4, -0.2) is 16.9 Å². The minimum absolute atomic E-state index is 0. The van der Waals surface area contributed by atoms with Crippen LogP contribution in [0.5, 0.6) is 0 Å². The maximum atomic E-state index is 11.7. The minimum atomic E-state index is -0.137. The molecule has 1 fully saturated rings. The van der Waals surface area contributed by atoms with Crippen LogP contribution in [-0.2, 0) is 0 Å². The SMILES string of the molecule is CC(NC(=O)c1cccc(N)n1)C1CC1.Cl. The van der Waals surface area contributed by atoms with Crippen LogP contribution >= 0.6 is 12.4 Å². The van der Waals surface area contributed by atoms with Gasteiger partial charge in [0.1, 0.15) is 11.5 Å². The van der Waals surface area contributed by atoms with Crippen molar-refractivity contribution in [1.29, 1.82) is 0 Å². The number of nitrogens with one attached hydrogen (secondary N) is 1. The number of halogens is 1. The van der Waals surface area contributed by atoms with E-state index in [4.69, 9.17) is 5.73 Å². The quantitative estimate of drug-likeness (QED) is 0.845. The molecule has 0 saturated heterocycles. The Labute approximate surface area is 101 Å². The molecule has 1 atom stereocenters. The van der Waals surface area contributed by atoms with Gasteiger partial charge in [0.05, 0.1) is 0 Å². The average molecular weight is 242 g/mol. The van der Waals surface area contributed by atoms with Gasteiger partial charge in [0, 0.05) is 6.04 Å². The van der Waals surface area contributed by atoms with E-state index in [-0.39, 0.29) is 24.4 Å². The maximum absolute atomic E-state index is 11.7. The first-order valence-electron chi connectivity index (χ1n) is 5.20. The average Bonchev–Trinajstić information content (AvgIpc) is 3.00. The molecule has 1 heterocycles. The summed E-state index contributed by atoms with van der Waals surface area (Å²) in [6, 6.07) is 5.31. The van der Waals surface area contributed by atoms with Crippen molar-refractivity contribution in [2.45, 2.75) is 25.8 Å². The molecule has 0 radical (unpaired) electrons. The number of carbonyl (C=O) groups is 1. The van der Waals surface area contributed by atoms with Crippen molar-refractivity contribution < 1.29 is 4.79 Å². The molecule has 88 valence electrons. The van der Waals surface area contributed by atoms with Crippen LogP contribution in [0.2, 0.25) is 0 Å². The molecule has 0 bridgehead atoms. The lowest BCUT2D eigenvalue weighted by Gasteiger charge is -2.12. The molecule has 2 rings (SSSR count). The van der Waals surface area contributed by atoms with Crippen molar-refractivity contribution >= 4 is 24.1 Å². The number of aromatic nitrogens is 1. The molecule has 0 aromatic carbocycles. The molecule has 1 saturated carbocycles. The molecule has 4 nitrogen and oxygen atoms in total. The molecular formula is C11H16ClN3O. The Kier molecular flexibility index (Phi) is 4.12. The van der Waals surface area contributed by atoms with Gasteiger partial charge in [0.2, 0.25) is 0 Å². The van der Waals surface area contributed by atoms with E-state index < -0.39 is 0 Å². The van der Waals surface area contributed by atoms with Crippen LogP contribution in [0.3, 0.4) is 0 Å². The molecule has 5 heteroatoms. The van der Waals surface area contributed by atoms with Crippen LogP contribution < -0.4 is 11.1 Å². The molecule has 1 unspecified atom stereocenters. The predicted molar refractivity (Wildman–Crippen MR) is 65.5 cm³/mol. The van der Waals surface area contributed by atoms with Crippen molar-refractivity contribution in [2.75, 3.05) is 5.73 Å². The normalized spacial score (nSPS) is 16.1. The third kappa shape index (κ3) is 3.10. The van der Waals surface area contributed by atoms with Crippen molar-refractivity contribution in [3.63, 3.8) is 0 Å². The molecule has 0 aliphatic heterocycles. The first-order chi connectivity index (χ1) is 7.16. The number of nitrogen functional groups attached to an aromatic ring is 1. The largest absolute Gasteiger partial charge is 0.384 e. The summed E-state index contributed by atoms with van der Waals surface area (Å²) in [5.41, 5.74) is 5.90. The van der Waals surface area contributed by atoms with Gasteiger partial charge in [-0.15, -0.1) is 12.4 Å². The van der Waals surface area contributed by atoms with Gasteiger partial charge in [0.15, 0.2) is 0 Å². The molecule has 0 spiro atoms. The zero-order chi connectivity index (χ0) is 10.8. The molecular weight excluding hydrogens is 226 g/mol. The fraction of sp³-hybridized carbons (Fsp3) is 0.455. The lowest BCUT2D eigenvalue weighted by atomic mass is 10.2. The highest BCUT2D eigenvalue weighted by Gasteiger charge is 2.29. The summed E-state index contributed by atoms with van der Waals surface area (Å²) >= 11 is 0. The van der Waals surface area contributed by atoms with E-state index in [2.05, 4.69) is 10.3 Å². The Bertz CT molecular complexity index is 379. The van der Waals surface area contributed by atoms with Crippen LogP contribution in [0, 0.1) is 5.92 Å². The number of hydrogen-bond acceptors (Lipinski definition) is 3. The highest BCUT2D eigenvalue weighted by molar-refractivity contribution is 5.92. The number of hydrogen-bond donors (Lipinski definition) is 2. The standard InChI is InChI=1S/C11H15N3O.ClH/c1-7(8-5-6-8)13-11(15)9-3-2-4-10(12)14-9;/h2-4,7-8H,5-6H2,1H3,(H2,12,14)(H,13,15);1H. The summed E-state index contributed by atoms with van der Waals surface area (Å²) in [6.07, 6.45) is 2.43.